The van der Waals surface area contributed by atoms with Crippen molar-refractivity contribution in [3.63, 3.8) is 0 Å². The fourth-order valence-electron chi connectivity index (χ4n) is 3.76. The van der Waals surface area contributed by atoms with Gasteiger partial charge in [0.2, 0.25) is 0 Å². The maximum atomic E-state index is 13.2. The summed E-state index contributed by atoms with van der Waals surface area (Å²) in [7, 11) is 0. The van der Waals surface area contributed by atoms with Gasteiger partial charge in [0.05, 0.1) is 17.7 Å². The zero-order valence-corrected chi connectivity index (χ0v) is 16.7. The molecule has 3 aromatic rings. The molecule has 152 valence electrons. The number of nitrogens with zero attached hydrogens (tertiary/aromatic N) is 4. The van der Waals surface area contributed by atoms with Crippen LogP contribution in [0.1, 0.15) is 45.6 Å². The lowest BCUT2D eigenvalue weighted by Crippen LogP contribution is -2.30. The molecule has 4 rings (SSSR count). The van der Waals surface area contributed by atoms with Gasteiger partial charge in [-0.2, -0.15) is 0 Å². The second kappa shape index (κ2) is 8.16. The molecule has 1 saturated carbocycles. The highest BCUT2D eigenvalue weighted by Crippen LogP contribution is 2.27. The summed E-state index contributed by atoms with van der Waals surface area (Å²) in [5, 5.41) is 17.8. The molecule has 0 radical (unpaired) electrons. The molecular weight excluding hydrogens is 368 g/mol. The Balaban J connectivity index is 1.77. The van der Waals surface area contributed by atoms with E-state index in [1.54, 1.807) is 23.2 Å². The summed E-state index contributed by atoms with van der Waals surface area (Å²) in [6.45, 7) is 3.97. The van der Waals surface area contributed by atoms with E-state index in [4.69, 9.17) is 4.98 Å². The zero-order valence-electron chi connectivity index (χ0n) is 16.7. The van der Waals surface area contributed by atoms with Crippen LogP contribution in [-0.4, -0.2) is 36.8 Å². The van der Waals surface area contributed by atoms with E-state index in [-0.39, 0.29) is 23.7 Å². The summed E-state index contributed by atoms with van der Waals surface area (Å²) >= 11 is 0. The second-order valence-electron chi connectivity index (χ2n) is 7.81. The molecule has 0 spiro atoms. The normalized spacial score (nSPS) is 19.4. The molecule has 0 unspecified atom stereocenters. The quantitative estimate of drug-likeness (QED) is 0.610. The first-order chi connectivity index (χ1) is 14.0. The molecule has 8 nitrogen and oxygen atoms in total. The highest BCUT2D eigenvalue weighted by molar-refractivity contribution is 5.93. The average molecular weight is 394 g/mol. The van der Waals surface area contributed by atoms with E-state index < -0.39 is 0 Å². The van der Waals surface area contributed by atoms with Gasteiger partial charge in [-0.25, -0.2) is 9.97 Å². The number of anilines is 3. The SMILES string of the molecule is CC(C)n1ccc2cc(Nc3cnccn3)nc(N[C@H]3CC[C@@H](O)CC3)c2c1=O. The highest BCUT2D eigenvalue weighted by atomic mass is 16.3. The molecule has 1 fully saturated rings. The van der Waals surface area contributed by atoms with Gasteiger partial charge in [0.1, 0.15) is 17.5 Å². The third kappa shape index (κ3) is 4.22. The van der Waals surface area contributed by atoms with Gasteiger partial charge in [0.15, 0.2) is 0 Å². The number of pyridine rings is 2. The second-order valence-corrected chi connectivity index (χ2v) is 7.81. The van der Waals surface area contributed by atoms with Crippen molar-refractivity contribution < 1.29 is 5.11 Å². The molecular formula is C21H26N6O2. The van der Waals surface area contributed by atoms with E-state index in [1.807, 2.05) is 32.2 Å². The minimum atomic E-state index is -0.236. The number of aromatic nitrogens is 4. The molecule has 0 bridgehead atoms. The Kier molecular flexibility index (Phi) is 5.44. The minimum Gasteiger partial charge on any atom is -0.393 e. The third-order valence-corrected chi connectivity index (χ3v) is 5.33. The van der Waals surface area contributed by atoms with E-state index >= 15 is 0 Å². The fraction of sp³-hybridized carbons (Fsp3) is 0.429. The van der Waals surface area contributed by atoms with Crippen LogP contribution >= 0.6 is 0 Å². The van der Waals surface area contributed by atoms with Crippen LogP contribution in [0.15, 0.2) is 41.7 Å². The summed E-state index contributed by atoms with van der Waals surface area (Å²) in [6.07, 6.45) is 9.62. The van der Waals surface area contributed by atoms with Crippen LogP contribution in [0.3, 0.4) is 0 Å². The van der Waals surface area contributed by atoms with Crippen LogP contribution in [0.4, 0.5) is 17.5 Å². The van der Waals surface area contributed by atoms with E-state index in [9.17, 15) is 9.90 Å². The molecule has 0 atom stereocenters. The van der Waals surface area contributed by atoms with Gasteiger partial charge in [-0.3, -0.25) is 9.78 Å². The van der Waals surface area contributed by atoms with Crippen LogP contribution in [0.25, 0.3) is 10.8 Å². The van der Waals surface area contributed by atoms with Crippen molar-refractivity contribution >= 4 is 28.2 Å². The number of nitrogens with one attached hydrogen (secondary N) is 2. The molecule has 1 aliphatic carbocycles. The molecule has 3 heterocycles. The van der Waals surface area contributed by atoms with Crippen molar-refractivity contribution in [2.45, 2.75) is 57.7 Å². The predicted octanol–water partition coefficient (Wildman–Crippen LogP) is 3.23. The summed E-state index contributed by atoms with van der Waals surface area (Å²) in [4.78, 5) is 26.2. The fourth-order valence-corrected chi connectivity index (χ4v) is 3.76. The van der Waals surface area contributed by atoms with Gasteiger partial charge >= 0.3 is 0 Å². The lowest BCUT2D eigenvalue weighted by Gasteiger charge is -2.27. The maximum absolute atomic E-state index is 13.2. The Bertz CT molecular complexity index is 1040. The molecule has 1 aliphatic rings. The van der Waals surface area contributed by atoms with Crippen molar-refractivity contribution in [1.29, 1.82) is 0 Å². The van der Waals surface area contributed by atoms with E-state index in [1.165, 1.54) is 0 Å². The lowest BCUT2D eigenvalue weighted by molar-refractivity contribution is 0.126. The Morgan fingerprint density at radius 2 is 1.97 bits per heavy atom. The van der Waals surface area contributed by atoms with Gasteiger partial charge in [0, 0.05) is 30.7 Å². The first kappa shape index (κ1) is 19.3. The number of hydrogen-bond donors (Lipinski definition) is 3. The van der Waals surface area contributed by atoms with Crippen molar-refractivity contribution in [2.24, 2.45) is 0 Å². The van der Waals surface area contributed by atoms with Crippen LogP contribution in [0.2, 0.25) is 0 Å². The van der Waals surface area contributed by atoms with Gasteiger partial charge < -0.3 is 20.3 Å². The molecule has 3 aromatic heterocycles. The zero-order chi connectivity index (χ0) is 20.4. The number of aliphatic hydroxyl groups is 1. The highest BCUT2D eigenvalue weighted by Gasteiger charge is 2.22. The van der Waals surface area contributed by atoms with E-state index in [0.717, 1.165) is 31.1 Å². The number of hydrogen-bond acceptors (Lipinski definition) is 7. The van der Waals surface area contributed by atoms with Crippen LogP contribution in [-0.2, 0) is 0 Å². The van der Waals surface area contributed by atoms with Crippen molar-refractivity contribution in [2.75, 3.05) is 10.6 Å². The van der Waals surface area contributed by atoms with Crippen LogP contribution in [0.5, 0.6) is 0 Å². The molecule has 0 saturated heterocycles. The first-order valence-electron chi connectivity index (χ1n) is 10.0. The number of rotatable bonds is 5. The van der Waals surface area contributed by atoms with Crippen LogP contribution < -0.4 is 16.2 Å². The summed E-state index contributed by atoms with van der Waals surface area (Å²) < 4.78 is 1.72. The predicted molar refractivity (Wildman–Crippen MR) is 114 cm³/mol. The lowest BCUT2D eigenvalue weighted by atomic mass is 9.93. The van der Waals surface area contributed by atoms with E-state index in [2.05, 4.69) is 20.6 Å². The summed E-state index contributed by atoms with van der Waals surface area (Å²) in [5.74, 6) is 1.75. The molecule has 0 aliphatic heterocycles. The van der Waals surface area contributed by atoms with Gasteiger partial charge in [-0.1, -0.05) is 0 Å². The third-order valence-electron chi connectivity index (χ3n) is 5.33. The minimum absolute atomic E-state index is 0.0574. The number of fused-ring (bicyclic) bond motifs is 1. The van der Waals surface area contributed by atoms with Gasteiger partial charge in [-0.15, -0.1) is 0 Å². The largest absolute Gasteiger partial charge is 0.393 e. The number of aliphatic hydroxyl groups excluding tert-OH is 1. The maximum Gasteiger partial charge on any atom is 0.262 e. The van der Waals surface area contributed by atoms with Gasteiger partial charge in [-0.05, 0) is 57.0 Å². The van der Waals surface area contributed by atoms with Crippen LogP contribution in [0, 0.1) is 0 Å². The molecule has 29 heavy (non-hydrogen) atoms. The average Bonchev–Trinajstić information content (AvgIpc) is 2.70. The smallest absolute Gasteiger partial charge is 0.262 e. The topological polar surface area (TPSA) is 105 Å². The summed E-state index contributed by atoms with van der Waals surface area (Å²) in [5.41, 5.74) is -0.0607. The molecule has 0 amide bonds. The Labute approximate surface area is 169 Å². The summed E-state index contributed by atoms with van der Waals surface area (Å²) in [6, 6.07) is 4.03. The van der Waals surface area contributed by atoms with Crippen molar-refractivity contribution in [1.82, 2.24) is 19.5 Å². The molecule has 8 heteroatoms. The Morgan fingerprint density at radius 3 is 2.66 bits per heavy atom. The van der Waals surface area contributed by atoms with Crippen molar-refractivity contribution in [3.05, 3.63) is 47.3 Å². The standard InChI is InChI=1S/C21H26N6O2/c1-13(2)27-10-7-14-11-17(25-18-12-22-8-9-23-18)26-20(19(14)21(27)29)24-15-3-5-16(28)6-4-15/h7-13,15-16,28H,3-6H2,1-2H3,(H2,23,24,25,26)/t15-,16+. The Hall–Kier alpha value is -3.00. The van der Waals surface area contributed by atoms with E-state index in [0.29, 0.717) is 22.8 Å². The molecule has 0 aromatic carbocycles. The first-order valence-corrected chi connectivity index (χ1v) is 10.0. The van der Waals surface area contributed by atoms with Gasteiger partial charge in [0.25, 0.3) is 5.56 Å². The molecule has 3 N–H and O–H groups in total. The Morgan fingerprint density at radius 1 is 1.17 bits per heavy atom. The van der Waals surface area contributed by atoms with Crippen molar-refractivity contribution in [3.8, 4) is 0 Å². The monoisotopic (exact) mass is 394 g/mol.